The average molecular weight is 1620 g/mol. The van der Waals surface area contributed by atoms with Crippen molar-refractivity contribution in [2.45, 2.75) is 288 Å². The summed E-state index contributed by atoms with van der Waals surface area (Å²) < 4.78 is 458. The molecule has 0 saturated carbocycles. The summed E-state index contributed by atoms with van der Waals surface area (Å²) in [5.74, 6) is 0. The van der Waals surface area contributed by atoms with Gasteiger partial charge in [0.2, 0.25) is 5.60 Å². The molecule has 0 aromatic heterocycles. The second kappa shape index (κ2) is 39.6. The predicted molar refractivity (Wildman–Crippen MR) is 278 cm³/mol. The summed E-state index contributed by atoms with van der Waals surface area (Å²) in [6.45, 7) is 19.6. The largest absolute Gasteiger partial charge is 0.510 e. The van der Waals surface area contributed by atoms with Crippen LogP contribution in [0.3, 0.4) is 0 Å². The Labute approximate surface area is 558 Å². The number of methoxy groups -OCH3 is 3. The van der Waals surface area contributed by atoms with E-state index in [1.165, 1.54) is 62.3 Å². The molecule has 0 rings (SSSR count). The lowest BCUT2D eigenvalue weighted by Gasteiger charge is -2.33. The van der Waals surface area contributed by atoms with Crippen LogP contribution in [0.15, 0.2) is 0 Å². The van der Waals surface area contributed by atoms with E-state index < -0.39 is 161 Å². The average Bonchev–Trinajstić information content (AvgIpc) is 0.781. The Balaban J connectivity index is -0.000000138. The van der Waals surface area contributed by atoms with Crippen LogP contribution in [0, 0.1) is 0 Å². The molecule has 0 radical (unpaired) electrons. The van der Waals surface area contributed by atoms with Crippen molar-refractivity contribution in [2.24, 2.45) is 0 Å². The highest BCUT2D eigenvalue weighted by atomic mass is 19.5. The second-order valence-corrected chi connectivity index (χ2v) is 24.1. The van der Waals surface area contributed by atoms with E-state index in [0.717, 1.165) is 55.8 Å². The minimum atomic E-state index is -5.80. The fraction of sp³-hybridized carbons (Fsp3) is 0.941. The highest BCUT2D eigenvalue weighted by molar-refractivity contribution is 5.62. The number of rotatable bonds is 6. The zero-order chi connectivity index (χ0) is 86.3. The van der Waals surface area contributed by atoms with Crippen LogP contribution in [0.4, 0.5) is 172 Å². The van der Waals surface area contributed by atoms with Crippen LogP contribution in [0.25, 0.3) is 0 Å². The summed E-state index contributed by atoms with van der Waals surface area (Å²) >= 11 is 0. The van der Waals surface area contributed by atoms with Crippen LogP contribution in [-0.4, -0.2) is 198 Å². The van der Waals surface area contributed by atoms with Gasteiger partial charge in [0.05, 0.1) is 0 Å². The van der Waals surface area contributed by atoms with Gasteiger partial charge in [-0.15, -0.1) is 0 Å². The molecule has 0 aliphatic rings. The molecule has 0 aromatic carbocycles. The maximum absolute atomic E-state index is 12.3. The molecule has 0 spiro atoms. The number of carbonyl (C=O) groups excluding carboxylic acids is 3. The topological polar surface area (TPSA) is 195 Å². The molecule has 15 nitrogen and oxygen atoms in total. The Morgan fingerprint density at radius 2 is 0.510 bits per heavy atom. The summed E-state index contributed by atoms with van der Waals surface area (Å²) in [5, 5.41) is 23.9. The van der Waals surface area contributed by atoms with Gasteiger partial charge in [-0.3, -0.25) is 0 Å². The van der Waals surface area contributed by atoms with E-state index in [1.807, 2.05) is 0 Å². The smallest absolute Gasteiger partial charge is 0.429 e. The van der Waals surface area contributed by atoms with Crippen molar-refractivity contribution in [1.82, 2.24) is 0 Å². The lowest BCUT2D eigenvalue weighted by atomic mass is 10.1. The summed E-state index contributed by atoms with van der Waals surface area (Å²) in [6.07, 6.45) is -71.2. The molecular formula is C51H78F36O15. The minimum Gasteiger partial charge on any atom is -0.429 e. The fourth-order valence-corrected chi connectivity index (χ4v) is 2.54. The molecule has 102 heavy (non-hydrogen) atoms. The zero-order valence-corrected chi connectivity index (χ0v) is 57.6. The lowest BCUT2D eigenvalue weighted by Crippen LogP contribution is -2.57. The van der Waals surface area contributed by atoms with Crippen molar-refractivity contribution in [3.05, 3.63) is 0 Å². The van der Waals surface area contributed by atoms with Crippen molar-refractivity contribution >= 4 is 18.5 Å². The first-order valence-corrected chi connectivity index (χ1v) is 26.3. The molecule has 51 heteroatoms. The van der Waals surface area contributed by atoms with Crippen LogP contribution < -0.4 is 0 Å². The quantitative estimate of drug-likeness (QED) is 0.129. The molecular weight excluding hydrogens is 1540 g/mol. The normalized spacial score (nSPS) is 14.7. The summed E-state index contributed by atoms with van der Waals surface area (Å²) in [5.41, 5.74) is -23.5. The second-order valence-electron chi connectivity index (χ2n) is 24.1. The number of aliphatic hydroxyl groups is 3. The highest BCUT2D eigenvalue weighted by Gasteiger charge is 2.72. The number of hydrogen-bond donors (Lipinski definition) is 3. The molecule has 0 amide bonds. The summed E-state index contributed by atoms with van der Waals surface area (Å²) in [6, 6.07) is 0. The molecule has 624 valence electrons. The van der Waals surface area contributed by atoms with E-state index in [9.17, 15) is 172 Å². The molecule has 0 aliphatic heterocycles. The van der Waals surface area contributed by atoms with Gasteiger partial charge in [0, 0.05) is 21.3 Å². The van der Waals surface area contributed by atoms with E-state index >= 15 is 0 Å². The minimum absolute atomic E-state index is 0.0625. The van der Waals surface area contributed by atoms with Crippen LogP contribution in [0.5, 0.6) is 0 Å². The molecule has 3 unspecified atom stereocenters. The van der Waals surface area contributed by atoms with Gasteiger partial charge in [0.1, 0.15) is 29.0 Å². The molecule has 3 atom stereocenters. The van der Waals surface area contributed by atoms with Gasteiger partial charge in [-0.1, -0.05) is 0 Å². The SMILES string of the molecule is CC(C)(C)OC(=O)OC(C)(C(F)(F)F)C(F)(F)F.CC(C)(C)OC(=O)OC(C)(C)C(F)(F)F.CC(C)(O)C(F)(F)F.CC(O)(C(F)(F)F)C(F)(F)F.CC(O)C(F)(F)F.CC(OC(=O)OC(C)(C)C)C(F)(F)F.COC(C)(C(F)(F)F)C(F)(F)F.COC(C)(C)C(F)(F)F.COC(C)C(F)(F)F. The Morgan fingerprint density at radius 3 is 0.618 bits per heavy atom. The van der Waals surface area contributed by atoms with Gasteiger partial charge in [-0.25, -0.2) is 14.4 Å². The van der Waals surface area contributed by atoms with E-state index in [4.69, 9.17) is 15.3 Å². The van der Waals surface area contributed by atoms with Crippen LogP contribution >= 0.6 is 0 Å². The van der Waals surface area contributed by atoms with Crippen LogP contribution in [0.1, 0.15) is 145 Å². The third kappa shape index (κ3) is 49.0. The Kier molecular flexibility index (Phi) is 44.8. The standard InChI is InChI=1S/C9H12F6O3.C9H15F3O3.C8H13F3O3.C5H6F6O.C5H9F3O.C4H4F6O.2C4H7F3O.C3H5F3O/c1-6(2,3)17-5(16)18-7(4,8(10,11)12)9(13,14)15;1-7(2,3)14-6(13)15-8(4,5)9(10,11)12;1-5(8(9,10)11)13-6(12)14-7(2,3)4;1-3(12-2,4(6,7)8)5(9,10)11;1-4(2,9-3)5(6,7)8;1-2(11,3(5,6)7)4(8,9)10;1-3(8-2)4(5,6)7;1-3(2,8)4(5,6)7;1-2(7)3(4,5)6/h1-4H3;1-5H3;5H,1-4H3;1-2H3;1-3H3;11H,1H3;3H,1-2H3;8H,1-2H3;2,7H,1H3. The Hall–Kier alpha value is -4.95. The van der Waals surface area contributed by atoms with Crippen molar-refractivity contribution in [2.75, 3.05) is 21.3 Å². The Bertz CT molecular complexity index is 2290. The predicted octanol–water partition coefficient (Wildman–Crippen LogP) is 20.2. The van der Waals surface area contributed by atoms with E-state index in [2.05, 4.69) is 42.6 Å². The van der Waals surface area contributed by atoms with Gasteiger partial charge in [0.15, 0.2) is 17.3 Å². The Morgan fingerprint density at radius 1 is 0.284 bits per heavy atom. The zero-order valence-electron chi connectivity index (χ0n) is 57.6. The molecule has 0 aliphatic carbocycles. The monoisotopic (exact) mass is 1610 g/mol. The van der Waals surface area contributed by atoms with Crippen molar-refractivity contribution in [3.8, 4) is 0 Å². The molecule has 0 saturated heterocycles. The van der Waals surface area contributed by atoms with Crippen molar-refractivity contribution < 1.29 is 230 Å². The van der Waals surface area contributed by atoms with Crippen LogP contribution in [0.2, 0.25) is 0 Å². The maximum Gasteiger partial charge on any atom is 0.510 e. The van der Waals surface area contributed by atoms with Gasteiger partial charge in [-0.05, 0) is 145 Å². The fourth-order valence-electron chi connectivity index (χ4n) is 2.54. The molecule has 0 heterocycles. The van der Waals surface area contributed by atoms with E-state index in [-0.39, 0.29) is 20.8 Å². The first-order chi connectivity index (χ1) is 43.0. The number of ether oxygens (including phenoxy) is 9. The first-order valence-electron chi connectivity index (χ1n) is 26.3. The number of alkyl halides is 36. The van der Waals surface area contributed by atoms with Gasteiger partial charge >= 0.3 is 98.2 Å². The van der Waals surface area contributed by atoms with E-state index in [1.54, 1.807) is 0 Å². The summed E-state index contributed by atoms with van der Waals surface area (Å²) in [4.78, 5) is 32.7. The van der Waals surface area contributed by atoms with Gasteiger partial charge in [-0.2, -0.15) is 158 Å². The van der Waals surface area contributed by atoms with Gasteiger partial charge in [0.25, 0.3) is 11.2 Å². The number of carbonyl (C=O) groups is 3. The lowest BCUT2D eigenvalue weighted by molar-refractivity contribution is -0.367. The number of aliphatic hydroxyl groups excluding tert-OH is 1. The summed E-state index contributed by atoms with van der Waals surface area (Å²) in [7, 11) is 2.42. The number of halogens is 36. The molecule has 0 fully saturated rings. The molecule has 3 N–H and O–H groups in total. The maximum atomic E-state index is 12.3. The number of hydrogen-bond acceptors (Lipinski definition) is 15. The van der Waals surface area contributed by atoms with E-state index in [0.29, 0.717) is 27.9 Å². The van der Waals surface area contributed by atoms with Gasteiger partial charge < -0.3 is 58.0 Å². The third-order valence-electron chi connectivity index (χ3n) is 10.1. The third-order valence-corrected chi connectivity index (χ3v) is 10.1. The first kappa shape index (κ1) is 115. The highest BCUT2D eigenvalue weighted by Crippen LogP contribution is 2.47. The molecule has 0 aromatic rings. The molecule has 0 bridgehead atoms. The van der Waals surface area contributed by atoms with Crippen molar-refractivity contribution in [1.29, 1.82) is 0 Å². The van der Waals surface area contributed by atoms with Crippen molar-refractivity contribution in [3.63, 3.8) is 0 Å². The van der Waals surface area contributed by atoms with Crippen LogP contribution in [-0.2, 0) is 42.6 Å².